The fourth-order valence-corrected chi connectivity index (χ4v) is 2.33. The molecule has 0 saturated heterocycles. The summed E-state index contributed by atoms with van der Waals surface area (Å²) in [5, 5.41) is 9.45. The lowest BCUT2D eigenvalue weighted by atomic mass is 10.0. The quantitative estimate of drug-likeness (QED) is 0.746. The zero-order valence-electron chi connectivity index (χ0n) is 12.6. The average molecular weight is 327 g/mol. The van der Waals surface area contributed by atoms with Crippen LogP contribution in [-0.2, 0) is 0 Å². The van der Waals surface area contributed by atoms with Gasteiger partial charge in [0.2, 0.25) is 0 Å². The Bertz CT molecular complexity index is 915. The second-order valence-corrected chi connectivity index (χ2v) is 5.04. The molecular weight excluding hydrogens is 313 g/mol. The maximum absolute atomic E-state index is 14.1. The van der Waals surface area contributed by atoms with Crippen LogP contribution in [0.4, 0.5) is 4.39 Å². The Labute approximate surface area is 136 Å². The van der Waals surface area contributed by atoms with Crippen LogP contribution in [0, 0.1) is 5.82 Å². The molecule has 3 N–H and O–H groups in total. The van der Waals surface area contributed by atoms with E-state index in [4.69, 9.17) is 15.6 Å². The van der Waals surface area contributed by atoms with E-state index in [1.807, 2.05) is 0 Å². The van der Waals surface area contributed by atoms with Crippen molar-refractivity contribution in [2.24, 2.45) is 5.73 Å². The van der Waals surface area contributed by atoms with Gasteiger partial charge in [-0.2, -0.15) is 0 Å². The van der Waals surface area contributed by atoms with E-state index < -0.39 is 11.7 Å². The van der Waals surface area contributed by atoms with E-state index in [1.165, 1.54) is 18.2 Å². The van der Waals surface area contributed by atoms with E-state index in [0.717, 1.165) is 0 Å². The van der Waals surface area contributed by atoms with Crippen LogP contribution in [0.1, 0.15) is 10.5 Å². The van der Waals surface area contributed by atoms with Gasteiger partial charge in [-0.25, -0.2) is 9.37 Å². The summed E-state index contributed by atoms with van der Waals surface area (Å²) < 4.78 is 19.2. The van der Waals surface area contributed by atoms with Crippen molar-refractivity contribution in [1.29, 1.82) is 0 Å². The molecule has 0 aliphatic rings. The highest BCUT2D eigenvalue weighted by Gasteiger charge is 2.12. The van der Waals surface area contributed by atoms with Crippen molar-refractivity contribution in [3.05, 3.63) is 54.2 Å². The number of rotatable bonds is 5. The summed E-state index contributed by atoms with van der Waals surface area (Å²) in [7, 11) is 0. The molecule has 0 spiro atoms. The number of amides is 1. The third-order valence-electron chi connectivity index (χ3n) is 3.44. The highest BCUT2D eigenvalue weighted by atomic mass is 19.1. The minimum absolute atomic E-state index is 0.00954. The molecule has 6 nitrogen and oxygen atoms in total. The van der Waals surface area contributed by atoms with Gasteiger partial charge in [0.1, 0.15) is 12.3 Å². The molecular formula is C17H14FN3O3. The third-order valence-corrected chi connectivity index (χ3v) is 3.44. The number of hydrogen-bond donors (Lipinski definition) is 2. The van der Waals surface area contributed by atoms with Crippen molar-refractivity contribution in [2.45, 2.75) is 0 Å². The Kier molecular flexibility index (Phi) is 4.35. The van der Waals surface area contributed by atoms with E-state index >= 15 is 0 Å². The molecule has 1 amide bonds. The molecule has 0 fully saturated rings. The number of benzene rings is 1. The molecule has 0 radical (unpaired) electrons. The molecule has 0 saturated carbocycles. The van der Waals surface area contributed by atoms with E-state index in [1.54, 1.807) is 24.5 Å². The van der Waals surface area contributed by atoms with Gasteiger partial charge in [0.25, 0.3) is 5.91 Å². The van der Waals surface area contributed by atoms with Crippen molar-refractivity contribution in [1.82, 2.24) is 9.97 Å². The summed E-state index contributed by atoms with van der Waals surface area (Å²) in [4.78, 5) is 19.7. The minimum Gasteiger partial charge on any atom is -0.488 e. The van der Waals surface area contributed by atoms with Gasteiger partial charge < -0.3 is 15.6 Å². The standard InChI is InChI=1S/C17H14FN3O3/c18-13-7-10(2-4-15(13)24-6-5-22)12-9-20-8-11-1-3-14(17(19)23)21-16(11)12/h1-4,7-9,22H,5-6H2,(H2,19,23). The SMILES string of the molecule is NC(=O)c1ccc2cncc(-c3ccc(OCCO)c(F)c3)c2n1. The molecule has 0 unspecified atom stereocenters. The number of aliphatic hydroxyl groups is 1. The molecule has 2 aromatic heterocycles. The number of nitrogens with zero attached hydrogens (tertiary/aromatic N) is 2. The number of ether oxygens (including phenoxy) is 1. The predicted octanol–water partition coefficient (Wildman–Crippen LogP) is 1.91. The molecule has 0 atom stereocenters. The van der Waals surface area contributed by atoms with Crippen molar-refractivity contribution in [3.63, 3.8) is 0 Å². The summed E-state index contributed by atoms with van der Waals surface area (Å²) in [5.74, 6) is -1.16. The predicted molar refractivity (Wildman–Crippen MR) is 86.0 cm³/mol. The van der Waals surface area contributed by atoms with Crippen LogP contribution in [0.3, 0.4) is 0 Å². The average Bonchev–Trinajstić information content (AvgIpc) is 2.59. The second kappa shape index (κ2) is 6.59. The van der Waals surface area contributed by atoms with Crippen LogP contribution in [0.15, 0.2) is 42.7 Å². The van der Waals surface area contributed by atoms with Gasteiger partial charge in [-0.3, -0.25) is 9.78 Å². The van der Waals surface area contributed by atoms with Crippen molar-refractivity contribution in [3.8, 4) is 16.9 Å². The lowest BCUT2D eigenvalue weighted by Gasteiger charge is -2.09. The van der Waals surface area contributed by atoms with Gasteiger partial charge in [0.05, 0.1) is 12.1 Å². The van der Waals surface area contributed by atoms with E-state index in [2.05, 4.69) is 9.97 Å². The number of aromatic nitrogens is 2. The van der Waals surface area contributed by atoms with Gasteiger partial charge in [-0.1, -0.05) is 6.07 Å². The number of hydrogen-bond acceptors (Lipinski definition) is 5. The van der Waals surface area contributed by atoms with Gasteiger partial charge in [0.15, 0.2) is 11.6 Å². The molecule has 0 bridgehead atoms. The maximum atomic E-state index is 14.1. The fraction of sp³-hybridized carbons (Fsp3) is 0.118. The van der Waals surface area contributed by atoms with Gasteiger partial charge in [-0.05, 0) is 29.8 Å². The second-order valence-electron chi connectivity index (χ2n) is 5.04. The van der Waals surface area contributed by atoms with Crippen LogP contribution in [0.5, 0.6) is 5.75 Å². The number of halogens is 1. The first-order valence-electron chi connectivity index (χ1n) is 7.18. The molecule has 24 heavy (non-hydrogen) atoms. The summed E-state index contributed by atoms with van der Waals surface area (Å²) in [6.07, 6.45) is 3.15. The van der Waals surface area contributed by atoms with Crippen molar-refractivity contribution < 1.29 is 19.0 Å². The Hall–Kier alpha value is -3.06. The van der Waals surface area contributed by atoms with E-state index in [9.17, 15) is 9.18 Å². The minimum atomic E-state index is -0.640. The molecule has 122 valence electrons. The number of primary amides is 1. The van der Waals surface area contributed by atoms with Crippen LogP contribution in [0.25, 0.3) is 22.0 Å². The molecule has 2 heterocycles. The smallest absolute Gasteiger partial charge is 0.267 e. The Balaban J connectivity index is 2.10. The number of carbonyl (C=O) groups excluding carboxylic acids is 1. The summed E-state index contributed by atoms with van der Waals surface area (Å²) >= 11 is 0. The fourth-order valence-electron chi connectivity index (χ4n) is 2.33. The Morgan fingerprint density at radius 3 is 2.79 bits per heavy atom. The lowest BCUT2D eigenvalue weighted by Crippen LogP contribution is -2.12. The van der Waals surface area contributed by atoms with Crippen LogP contribution in [-0.4, -0.2) is 34.2 Å². The highest BCUT2D eigenvalue weighted by Crippen LogP contribution is 2.29. The normalized spacial score (nSPS) is 10.8. The summed E-state index contributed by atoms with van der Waals surface area (Å²) in [6.45, 7) is -0.191. The number of carbonyl (C=O) groups is 1. The number of nitrogens with two attached hydrogens (primary N) is 1. The zero-order valence-corrected chi connectivity index (χ0v) is 12.6. The van der Waals surface area contributed by atoms with E-state index in [-0.39, 0.29) is 24.7 Å². The Morgan fingerprint density at radius 1 is 1.25 bits per heavy atom. The summed E-state index contributed by atoms with van der Waals surface area (Å²) in [5.41, 5.74) is 7.01. The lowest BCUT2D eigenvalue weighted by molar-refractivity contribution is 0.0996. The van der Waals surface area contributed by atoms with Gasteiger partial charge in [-0.15, -0.1) is 0 Å². The summed E-state index contributed by atoms with van der Waals surface area (Å²) in [6, 6.07) is 7.63. The molecule has 3 aromatic rings. The third kappa shape index (κ3) is 3.02. The topological polar surface area (TPSA) is 98.3 Å². The number of pyridine rings is 2. The van der Waals surface area contributed by atoms with Crippen LogP contribution < -0.4 is 10.5 Å². The molecule has 0 aliphatic carbocycles. The molecule has 0 aliphatic heterocycles. The largest absolute Gasteiger partial charge is 0.488 e. The molecule has 1 aromatic carbocycles. The monoisotopic (exact) mass is 327 g/mol. The van der Waals surface area contributed by atoms with Crippen molar-refractivity contribution >= 4 is 16.8 Å². The first-order chi connectivity index (χ1) is 11.6. The van der Waals surface area contributed by atoms with Gasteiger partial charge >= 0.3 is 0 Å². The van der Waals surface area contributed by atoms with E-state index in [0.29, 0.717) is 22.0 Å². The Morgan fingerprint density at radius 2 is 2.08 bits per heavy atom. The van der Waals surface area contributed by atoms with Crippen LogP contribution in [0.2, 0.25) is 0 Å². The molecule has 7 heteroatoms. The number of aliphatic hydroxyl groups excluding tert-OH is 1. The molecule has 3 rings (SSSR count). The van der Waals surface area contributed by atoms with Gasteiger partial charge in [0, 0.05) is 23.3 Å². The first kappa shape index (κ1) is 15.8. The van der Waals surface area contributed by atoms with Crippen LogP contribution >= 0.6 is 0 Å². The maximum Gasteiger partial charge on any atom is 0.267 e. The highest BCUT2D eigenvalue weighted by molar-refractivity contribution is 5.97. The van der Waals surface area contributed by atoms with Crippen molar-refractivity contribution in [2.75, 3.05) is 13.2 Å². The number of fused-ring (bicyclic) bond motifs is 1. The first-order valence-corrected chi connectivity index (χ1v) is 7.18. The zero-order chi connectivity index (χ0) is 17.1.